The predicted molar refractivity (Wildman–Crippen MR) is 110 cm³/mol. The van der Waals surface area contributed by atoms with Crippen LogP contribution in [0.5, 0.6) is 0 Å². The Morgan fingerprint density at radius 2 is 2.00 bits per heavy atom. The van der Waals surface area contributed by atoms with Gasteiger partial charge in [-0.15, -0.1) is 10.2 Å². The van der Waals surface area contributed by atoms with Crippen molar-refractivity contribution in [3.63, 3.8) is 0 Å². The Morgan fingerprint density at radius 1 is 1.21 bits per heavy atom. The summed E-state index contributed by atoms with van der Waals surface area (Å²) in [7, 11) is 0. The number of benzene rings is 2. The molecule has 1 N–H and O–H groups in total. The highest BCUT2D eigenvalue weighted by Gasteiger charge is 2.15. The molecule has 0 spiro atoms. The number of non-ortho nitro benzene ring substituents is 1. The monoisotopic (exact) mass is 412 g/mol. The largest absolute Gasteiger partial charge is 0.411 e. The molecule has 3 rings (SSSR count). The molecule has 8 nitrogen and oxygen atoms in total. The van der Waals surface area contributed by atoms with Crippen molar-refractivity contribution in [2.24, 2.45) is 0 Å². The molecule has 3 aromatic rings. The SMILES string of the molecule is Cc1ccc(C(C)NC(=O)CSc2nnc(-c3cccc([N+](=O)[O-])c3)o2)cc1C. The van der Waals surface area contributed by atoms with Crippen molar-refractivity contribution in [2.75, 3.05) is 5.75 Å². The molecule has 1 aromatic heterocycles. The van der Waals surface area contributed by atoms with Gasteiger partial charge in [0.15, 0.2) is 0 Å². The van der Waals surface area contributed by atoms with Crippen LogP contribution < -0.4 is 5.32 Å². The van der Waals surface area contributed by atoms with Crippen molar-refractivity contribution in [3.8, 4) is 11.5 Å². The lowest BCUT2D eigenvalue weighted by atomic mass is 10.0. The standard InChI is InChI=1S/C20H20N4O4S/c1-12-7-8-15(9-13(12)2)14(3)21-18(25)11-29-20-23-22-19(28-20)16-5-4-6-17(10-16)24(26)27/h4-10,14H,11H2,1-3H3,(H,21,25). The molecule has 0 aliphatic carbocycles. The zero-order valence-electron chi connectivity index (χ0n) is 16.2. The van der Waals surface area contributed by atoms with Crippen molar-refractivity contribution >= 4 is 23.4 Å². The first-order valence-corrected chi connectivity index (χ1v) is 9.89. The number of nitrogens with zero attached hydrogens (tertiary/aromatic N) is 3. The topological polar surface area (TPSA) is 111 Å². The maximum absolute atomic E-state index is 12.3. The molecular formula is C20H20N4O4S. The Hall–Kier alpha value is -3.20. The van der Waals surface area contributed by atoms with Crippen LogP contribution in [0.25, 0.3) is 11.5 Å². The Labute approximate surface area is 171 Å². The molecule has 1 heterocycles. The van der Waals surface area contributed by atoms with Gasteiger partial charge in [0.05, 0.1) is 16.7 Å². The van der Waals surface area contributed by atoms with E-state index >= 15 is 0 Å². The summed E-state index contributed by atoms with van der Waals surface area (Å²) in [6, 6.07) is 11.9. The smallest absolute Gasteiger partial charge is 0.277 e. The second-order valence-corrected chi connectivity index (χ2v) is 7.53. The summed E-state index contributed by atoms with van der Waals surface area (Å²) in [6.45, 7) is 6.02. The van der Waals surface area contributed by atoms with E-state index in [1.54, 1.807) is 12.1 Å². The van der Waals surface area contributed by atoms with Crippen LogP contribution >= 0.6 is 11.8 Å². The van der Waals surface area contributed by atoms with E-state index in [0.717, 1.165) is 17.3 Å². The zero-order valence-corrected chi connectivity index (χ0v) is 17.0. The number of thioether (sulfide) groups is 1. The first-order chi connectivity index (χ1) is 13.8. The Morgan fingerprint density at radius 3 is 2.72 bits per heavy atom. The van der Waals surface area contributed by atoms with Crippen LogP contribution in [-0.4, -0.2) is 26.8 Å². The van der Waals surface area contributed by atoms with Gasteiger partial charge >= 0.3 is 0 Å². The van der Waals surface area contributed by atoms with Crippen LogP contribution in [0.1, 0.15) is 29.7 Å². The first kappa shape index (κ1) is 20.5. The van der Waals surface area contributed by atoms with E-state index < -0.39 is 4.92 Å². The van der Waals surface area contributed by atoms with Crippen LogP contribution in [-0.2, 0) is 4.79 Å². The molecule has 0 saturated carbocycles. The lowest BCUT2D eigenvalue weighted by molar-refractivity contribution is -0.384. The molecule has 29 heavy (non-hydrogen) atoms. The van der Waals surface area contributed by atoms with E-state index in [9.17, 15) is 14.9 Å². The Balaban J connectivity index is 1.57. The average Bonchev–Trinajstić information content (AvgIpc) is 3.17. The minimum Gasteiger partial charge on any atom is -0.411 e. The van der Waals surface area contributed by atoms with Crippen LogP contribution in [0.4, 0.5) is 5.69 Å². The van der Waals surface area contributed by atoms with Crippen molar-refractivity contribution in [1.82, 2.24) is 15.5 Å². The highest BCUT2D eigenvalue weighted by molar-refractivity contribution is 7.99. The number of hydrogen-bond acceptors (Lipinski definition) is 7. The summed E-state index contributed by atoms with van der Waals surface area (Å²) >= 11 is 1.11. The molecule has 0 bridgehead atoms. The van der Waals surface area contributed by atoms with E-state index in [-0.39, 0.29) is 34.5 Å². The molecule has 9 heteroatoms. The molecule has 2 aromatic carbocycles. The van der Waals surface area contributed by atoms with Crippen LogP contribution in [0.3, 0.4) is 0 Å². The number of hydrogen-bond donors (Lipinski definition) is 1. The van der Waals surface area contributed by atoms with Crippen molar-refractivity contribution in [1.29, 1.82) is 0 Å². The van der Waals surface area contributed by atoms with E-state index in [1.165, 1.54) is 23.3 Å². The van der Waals surface area contributed by atoms with Gasteiger partial charge in [-0.3, -0.25) is 14.9 Å². The summed E-state index contributed by atoms with van der Waals surface area (Å²) in [5.41, 5.74) is 3.81. The van der Waals surface area contributed by atoms with Gasteiger partial charge in [-0.25, -0.2) is 0 Å². The number of nitro groups is 1. The summed E-state index contributed by atoms with van der Waals surface area (Å²) in [4.78, 5) is 22.6. The zero-order chi connectivity index (χ0) is 21.0. The van der Waals surface area contributed by atoms with Crippen LogP contribution in [0, 0.1) is 24.0 Å². The van der Waals surface area contributed by atoms with Gasteiger partial charge in [0.25, 0.3) is 10.9 Å². The fraction of sp³-hybridized carbons (Fsp3) is 0.250. The van der Waals surface area contributed by atoms with Crippen molar-refractivity contribution < 1.29 is 14.1 Å². The number of aromatic nitrogens is 2. The van der Waals surface area contributed by atoms with E-state index in [1.807, 2.05) is 32.9 Å². The van der Waals surface area contributed by atoms with Crippen LogP contribution in [0.2, 0.25) is 0 Å². The van der Waals surface area contributed by atoms with Crippen molar-refractivity contribution in [3.05, 3.63) is 69.3 Å². The predicted octanol–water partition coefficient (Wildman–Crippen LogP) is 4.23. The summed E-state index contributed by atoms with van der Waals surface area (Å²) < 4.78 is 5.51. The molecule has 1 atom stereocenters. The number of rotatable bonds is 7. The van der Waals surface area contributed by atoms with E-state index in [2.05, 4.69) is 21.6 Å². The fourth-order valence-corrected chi connectivity index (χ4v) is 3.24. The third kappa shape index (κ3) is 5.20. The number of nitro benzene ring substituents is 1. The molecule has 0 aliphatic heterocycles. The fourth-order valence-electron chi connectivity index (χ4n) is 2.66. The quantitative estimate of drug-likeness (QED) is 0.351. The van der Waals surface area contributed by atoms with Gasteiger partial charge in [-0.05, 0) is 43.5 Å². The van der Waals surface area contributed by atoms with Crippen molar-refractivity contribution in [2.45, 2.75) is 32.0 Å². The molecule has 0 aliphatic rings. The molecule has 1 unspecified atom stereocenters. The minimum atomic E-state index is -0.490. The van der Waals surface area contributed by atoms with Crippen LogP contribution in [0.15, 0.2) is 52.1 Å². The average molecular weight is 412 g/mol. The number of nitrogens with one attached hydrogen (secondary N) is 1. The second-order valence-electron chi connectivity index (χ2n) is 6.60. The minimum absolute atomic E-state index is 0.0605. The Bertz CT molecular complexity index is 1050. The van der Waals surface area contributed by atoms with Gasteiger partial charge in [-0.1, -0.05) is 36.0 Å². The lowest BCUT2D eigenvalue weighted by Crippen LogP contribution is -2.28. The van der Waals surface area contributed by atoms with E-state index in [0.29, 0.717) is 5.56 Å². The van der Waals surface area contributed by atoms with Gasteiger partial charge < -0.3 is 9.73 Å². The normalized spacial score (nSPS) is 11.8. The highest BCUT2D eigenvalue weighted by Crippen LogP contribution is 2.26. The summed E-state index contributed by atoms with van der Waals surface area (Å²) in [5.74, 6) is 0.127. The van der Waals surface area contributed by atoms with Gasteiger partial charge in [0.1, 0.15) is 0 Å². The van der Waals surface area contributed by atoms with E-state index in [4.69, 9.17) is 4.42 Å². The van der Waals surface area contributed by atoms with Gasteiger partial charge in [0, 0.05) is 17.7 Å². The first-order valence-electron chi connectivity index (χ1n) is 8.91. The second kappa shape index (κ2) is 8.87. The molecule has 0 fully saturated rings. The summed E-state index contributed by atoms with van der Waals surface area (Å²) in [5, 5.41) is 21.8. The van der Waals surface area contributed by atoms with Gasteiger partial charge in [0.2, 0.25) is 11.8 Å². The third-order valence-electron chi connectivity index (χ3n) is 4.45. The lowest BCUT2D eigenvalue weighted by Gasteiger charge is -2.15. The number of amides is 1. The molecule has 0 saturated heterocycles. The molecule has 1 amide bonds. The maximum Gasteiger partial charge on any atom is 0.277 e. The third-order valence-corrected chi connectivity index (χ3v) is 5.26. The number of carbonyl (C=O) groups is 1. The Kier molecular flexibility index (Phi) is 6.28. The maximum atomic E-state index is 12.3. The molecule has 150 valence electrons. The molecule has 0 radical (unpaired) electrons. The number of carbonyl (C=O) groups excluding carboxylic acids is 1. The molecular weight excluding hydrogens is 392 g/mol. The summed E-state index contributed by atoms with van der Waals surface area (Å²) in [6.07, 6.45) is 0. The number of aryl methyl sites for hydroxylation is 2. The van der Waals surface area contributed by atoms with Gasteiger partial charge in [-0.2, -0.15) is 0 Å². The highest BCUT2D eigenvalue weighted by atomic mass is 32.2.